The zero-order chi connectivity index (χ0) is 22.8. The number of hydrogen-bond acceptors (Lipinski definition) is 6. The minimum Gasteiger partial charge on any atom is -0.481 e. The summed E-state index contributed by atoms with van der Waals surface area (Å²) in [4.78, 5) is 44.4. The second-order valence-corrected chi connectivity index (χ2v) is 6.94. The lowest BCUT2D eigenvalue weighted by molar-refractivity contribution is -0.137. The van der Waals surface area contributed by atoms with Crippen LogP contribution in [0.25, 0.3) is 0 Å². The number of benzene rings is 2. The lowest BCUT2D eigenvalue weighted by atomic mass is 10.1. The number of carbonyl (C=O) groups is 3. The molecular weight excluding hydrogens is 410 g/mol. The fourth-order valence-corrected chi connectivity index (χ4v) is 2.88. The quantitative estimate of drug-likeness (QED) is 0.386. The molecule has 9 heteroatoms. The number of carboxylic acids is 1. The van der Waals surface area contributed by atoms with E-state index >= 15 is 0 Å². The zero-order valence-corrected chi connectivity index (χ0v) is 17.2. The molecule has 1 atom stereocenters. The molecule has 0 saturated carbocycles. The third-order valence-electron chi connectivity index (χ3n) is 4.55. The summed E-state index contributed by atoms with van der Waals surface area (Å²) < 4.78 is 0. The smallest absolute Gasteiger partial charge is 0.303 e. The monoisotopic (exact) mass is 433 g/mol. The molecule has 0 spiro atoms. The van der Waals surface area contributed by atoms with Crippen LogP contribution >= 0.6 is 0 Å². The van der Waals surface area contributed by atoms with Gasteiger partial charge in [-0.15, -0.1) is 0 Å². The minimum absolute atomic E-state index is 0.0211. The van der Waals surface area contributed by atoms with E-state index in [2.05, 4.69) is 25.9 Å². The summed E-state index contributed by atoms with van der Waals surface area (Å²) in [7, 11) is 0. The summed E-state index contributed by atoms with van der Waals surface area (Å²) in [6.45, 7) is 0.279. The molecule has 0 aliphatic carbocycles. The standard InChI is InChI=1S/C23H23N5O4/c29-20(30)12-11-19(22(32)26-15-16-5-2-1-3-6-16)28-21(31)17-7-9-18(10-8-17)27-23-24-13-4-14-25-23/h1-10,13-14,19H,11-12,15H2,(H,26,32)(H,28,31)(H,29,30)(H,24,25,27)/t19-/m0/s1. The average molecular weight is 433 g/mol. The fraction of sp³-hybridized carbons (Fsp3) is 0.174. The Labute approximate surface area is 184 Å². The van der Waals surface area contributed by atoms with Crippen molar-refractivity contribution >= 4 is 29.4 Å². The van der Waals surface area contributed by atoms with Crippen molar-refractivity contribution in [2.45, 2.75) is 25.4 Å². The van der Waals surface area contributed by atoms with Crippen LogP contribution in [0.5, 0.6) is 0 Å². The predicted octanol–water partition coefficient (Wildman–Crippen LogP) is 2.50. The van der Waals surface area contributed by atoms with Gasteiger partial charge in [0.15, 0.2) is 0 Å². The van der Waals surface area contributed by atoms with Crippen molar-refractivity contribution < 1.29 is 19.5 Å². The van der Waals surface area contributed by atoms with E-state index < -0.39 is 23.8 Å². The Bertz CT molecular complexity index is 1040. The summed E-state index contributed by atoms with van der Waals surface area (Å²) >= 11 is 0. The maximum atomic E-state index is 12.7. The lowest BCUT2D eigenvalue weighted by Gasteiger charge is -2.18. The highest BCUT2D eigenvalue weighted by molar-refractivity contribution is 5.98. The molecule has 0 unspecified atom stereocenters. The van der Waals surface area contributed by atoms with E-state index in [1.807, 2.05) is 30.3 Å². The molecular formula is C23H23N5O4. The summed E-state index contributed by atoms with van der Waals surface area (Å²) in [5, 5.41) is 17.4. The summed E-state index contributed by atoms with van der Waals surface area (Å²) in [5.41, 5.74) is 1.92. The normalized spacial score (nSPS) is 11.2. The van der Waals surface area contributed by atoms with Gasteiger partial charge in [0, 0.05) is 36.6 Å². The van der Waals surface area contributed by atoms with Gasteiger partial charge in [0.1, 0.15) is 6.04 Å². The fourth-order valence-electron chi connectivity index (χ4n) is 2.88. The maximum Gasteiger partial charge on any atom is 0.303 e. The number of aliphatic carboxylic acids is 1. The Balaban J connectivity index is 1.61. The number of carboxylic acid groups (broad SMARTS) is 1. The molecule has 0 aliphatic heterocycles. The van der Waals surface area contributed by atoms with Gasteiger partial charge >= 0.3 is 5.97 Å². The van der Waals surface area contributed by atoms with E-state index in [1.54, 1.807) is 42.7 Å². The molecule has 1 heterocycles. The lowest BCUT2D eigenvalue weighted by Crippen LogP contribution is -2.46. The first kappa shape index (κ1) is 22.4. The van der Waals surface area contributed by atoms with Gasteiger partial charge < -0.3 is 21.1 Å². The number of hydrogen-bond donors (Lipinski definition) is 4. The van der Waals surface area contributed by atoms with Crippen LogP contribution in [0.2, 0.25) is 0 Å². The number of anilines is 2. The van der Waals surface area contributed by atoms with Crippen LogP contribution in [0, 0.1) is 0 Å². The summed E-state index contributed by atoms with van der Waals surface area (Å²) in [6, 6.07) is 16.6. The van der Waals surface area contributed by atoms with Crippen molar-refractivity contribution in [1.82, 2.24) is 20.6 Å². The Morgan fingerprint density at radius 3 is 2.25 bits per heavy atom. The first-order chi connectivity index (χ1) is 15.5. The van der Waals surface area contributed by atoms with Crippen molar-refractivity contribution in [2.75, 3.05) is 5.32 Å². The van der Waals surface area contributed by atoms with Gasteiger partial charge in [-0.3, -0.25) is 14.4 Å². The molecule has 3 aromatic rings. The van der Waals surface area contributed by atoms with Crippen molar-refractivity contribution in [1.29, 1.82) is 0 Å². The van der Waals surface area contributed by atoms with Crippen molar-refractivity contribution in [3.63, 3.8) is 0 Å². The Morgan fingerprint density at radius 2 is 1.59 bits per heavy atom. The van der Waals surface area contributed by atoms with E-state index in [9.17, 15) is 14.4 Å². The van der Waals surface area contributed by atoms with Crippen LogP contribution in [-0.4, -0.2) is 38.9 Å². The van der Waals surface area contributed by atoms with E-state index in [4.69, 9.17) is 5.11 Å². The molecule has 2 aromatic carbocycles. The minimum atomic E-state index is -1.04. The molecule has 0 radical (unpaired) electrons. The summed E-state index contributed by atoms with van der Waals surface area (Å²) in [6.07, 6.45) is 2.95. The van der Waals surface area contributed by atoms with Crippen LogP contribution < -0.4 is 16.0 Å². The molecule has 9 nitrogen and oxygen atoms in total. The van der Waals surface area contributed by atoms with Crippen molar-refractivity contribution in [3.8, 4) is 0 Å². The highest BCUT2D eigenvalue weighted by atomic mass is 16.4. The van der Waals surface area contributed by atoms with E-state index in [-0.39, 0.29) is 19.4 Å². The molecule has 2 amide bonds. The number of aromatic nitrogens is 2. The van der Waals surface area contributed by atoms with Crippen LogP contribution in [0.4, 0.5) is 11.6 Å². The van der Waals surface area contributed by atoms with Crippen LogP contribution in [0.15, 0.2) is 73.1 Å². The SMILES string of the molecule is O=C(O)CC[C@H](NC(=O)c1ccc(Nc2ncccn2)cc1)C(=O)NCc1ccccc1. The molecule has 32 heavy (non-hydrogen) atoms. The number of rotatable bonds is 10. The van der Waals surface area contributed by atoms with E-state index in [0.717, 1.165) is 5.56 Å². The van der Waals surface area contributed by atoms with Crippen LogP contribution in [0.3, 0.4) is 0 Å². The summed E-state index contributed by atoms with van der Waals surface area (Å²) in [5.74, 6) is -1.53. The third kappa shape index (κ3) is 6.91. The molecule has 3 rings (SSSR count). The van der Waals surface area contributed by atoms with Gasteiger partial charge in [-0.2, -0.15) is 0 Å². The van der Waals surface area contributed by atoms with Crippen LogP contribution in [0.1, 0.15) is 28.8 Å². The second kappa shape index (κ2) is 11.2. The second-order valence-electron chi connectivity index (χ2n) is 6.94. The molecule has 0 bridgehead atoms. The highest BCUT2D eigenvalue weighted by Crippen LogP contribution is 2.14. The molecule has 0 aliphatic rings. The van der Waals surface area contributed by atoms with Crippen molar-refractivity contribution in [3.05, 3.63) is 84.2 Å². The van der Waals surface area contributed by atoms with Crippen molar-refractivity contribution in [2.24, 2.45) is 0 Å². The Kier molecular flexibility index (Phi) is 7.85. The molecule has 0 fully saturated rings. The molecule has 4 N–H and O–H groups in total. The molecule has 164 valence electrons. The van der Waals surface area contributed by atoms with Gasteiger partial charge in [-0.05, 0) is 42.3 Å². The van der Waals surface area contributed by atoms with Gasteiger partial charge in [0.2, 0.25) is 11.9 Å². The third-order valence-corrected chi connectivity index (χ3v) is 4.55. The van der Waals surface area contributed by atoms with Gasteiger partial charge in [-0.1, -0.05) is 30.3 Å². The molecule has 0 saturated heterocycles. The van der Waals surface area contributed by atoms with Gasteiger partial charge in [0.25, 0.3) is 5.91 Å². The predicted molar refractivity (Wildman–Crippen MR) is 118 cm³/mol. The van der Waals surface area contributed by atoms with Gasteiger partial charge in [0.05, 0.1) is 0 Å². The number of amides is 2. The van der Waals surface area contributed by atoms with Crippen LogP contribution in [-0.2, 0) is 16.1 Å². The maximum absolute atomic E-state index is 12.7. The first-order valence-corrected chi connectivity index (χ1v) is 9.99. The van der Waals surface area contributed by atoms with Gasteiger partial charge in [-0.25, -0.2) is 9.97 Å². The first-order valence-electron chi connectivity index (χ1n) is 9.99. The Morgan fingerprint density at radius 1 is 0.906 bits per heavy atom. The largest absolute Gasteiger partial charge is 0.481 e. The number of nitrogens with one attached hydrogen (secondary N) is 3. The zero-order valence-electron chi connectivity index (χ0n) is 17.2. The topological polar surface area (TPSA) is 133 Å². The number of carbonyl (C=O) groups excluding carboxylic acids is 2. The average Bonchev–Trinajstić information content (AvgIpc) is 2.81. The highest BCUT2D eigenvalue weighted by Gasteiger charge is 2.22. The Hall–Kier alpha value is -4.27. The van der Waals surface area contributed by atoms with E-state index in [1.165, 1.54) is 0 Å². The van der Waals surface area contributed by atoms with E-state index in [0.29, 0.717) is 17.2 Å². The molecule has 1 aromatic heterocycles. The number of nitrogens with zero attached hydrogens (tertiary/aromatic N) is 2.